The number of thiazole rings is 1. The van der Waals surface area contributed by atoms with E-state index in [0.29, 0.717) is 15.9 Å². The van der Waals surface area contributed by atoms with Crippen LogP contribution in [0.5, 0.6) is 0 Å². The summed E-state index contributed by atoms with van der Waals surface area (Å²) in [4.78, 5) is 4.84. The van der Waals surface area contributed by atoms with Crippen molar-refractivity contribution in [1.82, 2.24) is 4.98 Å². The summed E-state index contributed by atoms with van der Waals surface area (Å²) in [5.74, 6) is 0.499. The Hall–Kier alpha value is -0.770. The van der Waals surface area contributed by atoms with Gasteiger partial charge >= 0.3 is 0 Å². The maximum absolute atomic E-state index is 6.03. The van der Waals surface area contributed by atoms with Crippen molar-refractivity contribution < 1.29 is 0 Å². The van der Waals surface area contributed by atoms with Crippen LogP contribution in [0.15, 0.2) is 23.7 Å². The summed E-state index contributed by atoms with van der Waals surface area (Å²) in [5.41, 5.74) is 8.25. The first kappa shape index (κ1) is 9.77. The number of aromatic nitrogens is 1. The first-order valence-corrected chi connectivity index (χ1v) is 5.46. The van der Waals surface area contributed by atoms with Gasteiger partial charge in [-0.3, -0.25) is 0 Å². The van der Waals surface area contributed by atoms with Crippen LogP contribution in [0.2, 0.25) is 10.0 Å². The Balaban J connectivity index is 2.58. The zero-order chi connectivity index (χ0) is 10.1. The molecule has 1 aromatic carbocycles. The van der Waals surface area contributed by atoms with Crippen molar-refractivity contribution in [2.24, 2.45) is 0 Å². The maximum atomic E-state index is 6.03. The third-order valence-electron chi connectivity index (χ3n) is 1.77. The van der Waals surface area contributed by atoms with Gasteiger partial charge in [-0.2, -0.15) is 0 Å². The van der Waals surface area contributed by atoms with Crippen LogP contribution in [0.4, 0.5) is 5.82 Å². The second kappa shape index (κ2) is 3.77. The molecule has 1 aromatic heterocycles. The number of hydrogen-bond acceptors (Lipinski definition) is 3. The first-order chi connectivity index (χ1) is 6.68. The monoisotopic (exact) mass is 244 g/mol. The Labute approximate surface area is 95.3 Å². The summed E-state index contributed by atoms with van der Waals surface area (Å²) < 4.78 is 0. The summed E-state index contributed by atoms with van der Waals surface area (Å²) in [6, 6.07) is 5.31. The van der Waals surface area contributed by atoms with Gasteiger partial charge in [-0.25, -0.2) is 4.98 Å². The zero-order valence-electron chi connectivity index (χ0n) is 7.00. The van der Waals surface area contributed by atoms with Gasteiger partial charge in [0.2, 0.25) is 0 Å². The molecule has 0 amide bonds. The largest absolute Gasteiger partial charge is 0.382 e. The van der Waals surface area contributed by atoms with Crippen molar-refractivity contribution in [1.29, 1.82) is 0 Å². The van der Waals surface area contributed by atoms with E-state index in [-0.39, 0.29) is 0 Å². The third kappa shape index (κ3) is 1.71. The summed E-state index contributed by atoms with van der Waals surface area (Å²) in [7, 11) is 0. The fourth-order valence-corrected chi connectivity index (χ4v) is 2.44. The fourth-order valence-electron chi connectivity index (χ4n) is 1.13. The molecule has 0 bridgehead atoms. The minimum absolute atomic E-state index is 0.499. The molecule has 14 heavy (non-hydrogen) atoms. The minimum atomic E-state index is 0.499. The number of nitrogens with zero attached hydrogens (tertiary/aromatic N) is 1. The molecule has 0 atom stereocenters. The van der Waals surface area contributed by atoms with Gasteiger partial charge in [-0.1, -0.05) is 29.3 Å². The molecule has 0 saturated carbocycles. The van der Waals surface area contributed by atoms with Crippen molar-refractivity contribution >= 4 is 40.4 Å². The molecule has 0 spiro atoms. The fraction of sp³-hybridized carbons (Fsp3) is 0. The van der Waals surface area contributed by atoms with Crippen LogP contribution >= 0.6 is 34.5 Å². The molecule has 0 aliphatic rings. The van der Waals surface area contributed by atoms with Crippen LogP contribution < -0.4 is 5.73 Å². The lowest BCUT2D eigenvalue weighted by Gasteiger charge is -2.02. The van der Waals surface area contributed by atoms with Gasteiger partial charge in [0.25, 0.3) is 0 Å². The summed E-state index contributed by atoms with van der Waals surface area (Å²) in [5, 5.41) is 1.20. The van der Waals surface area contributed by atoms with E-state index >= 15 is 0 Å². The standard InChI is InChI=1S/C9H6Cl2N2S/c10-5-1-2-6(7(11)3-5)8-9(12)13-4-14-8/h1-4H,12H2. The van der Waals surface area contributed by atoms with E-state index in [9.17, 15) is 0 Å². The van der Waals surface area contributed by atoms with E-state index < -0.39 is 0 Å². The molecule has 72 valence electrons. The lowest BCUT2D eigenvalue weighted by atomic mass is 10.2. The lowest BCUT2D eigenvalue weighted by molar-refractivity contribution is 1.42. The van der Waals surface area contributed by atoms with Crippen molar-refractivity contribution in [3.05, 3.63) is 33.8 Å². The van der Waals surface area contributed by atoms with Crippen molar-refractivity contribution in [3.8, 4) is 10.4 Å². The lowest BCUT2D eigenvalue weighted by Crippen LogP contribution is -1.87. The molecule has 0 unspecified atom stereocenters. The van der Waals surface area contributed by atoms with Crippen LogP contribution in [0.25, 0.3) is 10.4 Å². The number of nitrogens with two attached hydrogens (primary N) is 1. The number of halogens is 2. The topological polar surface area (TPSA) is 38.9 Å². The highest BCUT2D eigenvalue weighted by atomic mass is 35.5. The van der Waals surface area contributed by atoms with E-state index in [0.717, 1.165) is 10.4 Å². The average Bonchev–Trinajstić information content (AvgIpc) is 2.52. The highest BCUT2D eigenvalue weighted by Crippen LogP contribution is 2.35. The minimum Gasteiger partial charge on any atom is -0.382 e. The molecule has 0 aliphatic heterocycles. The Bertz CT molecular complexity index is 468. The highest BCUT2D eigenvalue weighted by Gasteiger charge is 2.09. The Morgan fingerprint density at radius 2 is 2.07 bits per heavy atom. The molecular formula is C9H6Cl2N2S. The van der Waals surface area contributed by atoms with E-state index in [1.54, 1.807) is 17.6 Å². The van der Waals surface area contributed by atoms with Crippen LogP contribution in [0.1, 0.15) is 0 Å². The third-order valence-corrected chi connectivity index (χ3v) is 3.19. The van der Waals surface area contributed by atoms with Crippen molar-refractivity contribution in [3.63, 3.8) is 0 Å². The van der Waals surface area contributed by atoms with Gasteiger partial charge in [0.15, 0.2) is 0 Å². The van der Waals surface area contributed by atoms with Gasteiger partial charge in [0.1, 0.15) is 5.82 Å². The molecule has 2 nitrogen and oxygen atoms in total. The number of rotatable bonds is 1. The van der Waals surface area contributed by atoms with Crippen molar-refractivity contribution in [2.75, 3.05) is 5.73 Å². The van der Waals surface area contributed by atoms with Gasteiger partial charge in [-0.05, 0) is 12.1 Å². The molecule has 0 saturated heterocycles. The Morgan fingerprint density at radius 3 is 2.64 bits per heavy atom. The van der Waals surface area contributed by atoms with E-state index in [4.69, 9.17) is 28.9 Å². The van der Waals surface area contributed by atoms with Gasteiger partial charge in [0.05, 0.1) is 15.4 Å². The molecule has 2 aromatic rings. The average molecular weight is 245 g/mol. The number of hydrogen-bond donors (Lipinski definition) is 1. The van der Waals surface area contributed by atoms with Gasteiger partial charge in [-0.15, -0.1) is 11.3 Å². The quantitative estimate of drug-likeness (QED) is 0.831. The van der Waals surface area contributed by atoms with Crippen molar-refractivity contribution in [2.45, 2.75) is 0 Å². The Morgan fingerprint density at radius 1 is 1.29 bits per heavy atom. The Kier molecular flexibility index (Phi) is 2.63. The van der Waals surface area contributed by atoms with E-state index in [2.05, 4.69) is 4.98 Å². The molecule has 0 fully saturated rings. The van der Waals surface area contributed by atoms with Crippen LogP contribution in [0.3, 0.4) is 0 Å². The second-order valence-electron chi connectivity index (χ2n) is 2.69. The predicted molar refractivity (Wildman–Crippen MR) is 62.0 cm³/mol. The molecule has 5 heteroatoms. The number of benzene rings is 1. The molecular weight excluding hydrogens is 239 g/mol. The van der Waals surface area contributed by atoms with Gasteiger partial charge < -0.3 is 5.73 Å². The molecule has 0 aliphatic carbocycles. The van der Waals surface area contributed by atoms with E-state index in [1.165, 1.54) is 11.3 Å². The zero-order valence-corrected chi connectivity index (χ0v) is 9.33. The number of nitrogen functional groups attached to an aromatic ring is 1. The number of anilines is 1. The first-order valence-electron chi connectivity index (χ1n) is 3.83. The normalized spacial score (nSPS) is 10.4. The summed E-state index contributed by atoms with van der Waals surface area (Å²) in [6.07, 6.45) is 0. The molecule has 2 N–H and O–H groups in total. The highest BCUT2D eigenvalue weighted by molar-refractivity contribution is 7.14. The van der Waals surface area contributed by atoms with Gasteiger partial charge in [0, 0.05) is 10.6 Å². The summed E-state index contributed by atoms with van der Waals surface area (Å²) >= 11 is 13.3. The predicted octanol–water partition coefficient (Wildman–Crippen LogP) is 3.70. The summed E-state index contributed by atoms with van der Waals surface area (Å²) in [6.45, 7) is 0. The van der Waals surface area contributed by atoms with E-state index in [1.807, 2.05) is 6.07 Å². The van der Waals surface area contributed by atoms with Crippen LogP contribution in [-0.4, -0.2) is 4.98 Å². The SMILES string of the molecule is Nc1ncsc1-c1ccc(Cl)cc1Cl. The maximum Gasteiger partial charge on any atom is 0.142 e. The molecule has 2 rings (SSSR count). The van der Waals surface area contributed by atoms with Crippen LogP contribution in [0, 0.1) is 0 Å². The smallest absolute Gasteiger partial charge is 0.142 e. The molecule has 1 heterocycles. The molecule has 0 radical (unpaired) electrons. The second-order valence-corrected chi connectivity index (χ2v) is 4.39. The van der Waals surface area contributed by atoms with Crippen LogP contribution in [-0.2, 0) is 0 Å².